The Morgan fingerprint density at radius 3 is 2.34 bits per heavy atom. The van der Waals surface area contributed by atoms with Crippen molar-refractivity contribution in [2.75, 3.05) is 38.1 Å². The summed E-state index contributed by atoms with van der Waals surface area (Å²) in [6.45, 7) is 9.90. The number of hydrogen-bond acceptors (Lipinski definition) is 4. The van der Waals surface area contributed by atoms with E-state index in [0.717, 1.165) is 44.5 Å². The van der Waals surface area contributed by atoms with Gasteiger partial charge in [0.05, 0.1) is 0 Å². The number of hydrogen-bond donors (Lipinski definition) is 2. The molecular formula is C22H39IN6. The molecule has 7 heteroatoms. The molecule has 2 fully saturated rings. The lowest BCUT2D eigenvalue weighted by Gasteiger charge is -2.35. The van der Waals surface area contributed by atoms with Crippen molar-refractivity contribution in [3.8, 4) is 0 Å². The van der Waals surface area contributed by atoms with Gasteiger partial charge in [0, 0.05) is 58.1 Å². The van der Waals surface area contributed by atoms with E-state index in [-0.39, 0.29) is 24.0 Å². The van der Waals surface area contributed by atoms with Gasteiger partial charge in [0.1, 0.15) is 5.82 Å². The fourth-order valence-corrected chi connectivity index (χ4v) is 4.14. The van der Waals surface area contributed by atoms with Gasteiger partial charge in [0.25, 0.3) is 0 Å². The number of piperidine rings is 1. The molecule has 0 bridgehead atoms. The highest BCUT2D eigenvalue weighted by atomic mass is 127. The van der Waals surface area contributed by atoms with Gasteiger partial charge in [-0.15, -0.1) is 24.0 Å². The normalized spacial score (nSPS) is 19.6. The Hall–Kier alpha value is -1.09. The van der Waals surface area contributed by atoms with Gasteiger partial charge in [-0.25, -0.2) is 4.98 Å². The van der Waals surface area contributed by atoms with E-state index < -0.39 is 0 Å². The van der Waals surface area contributed by atoms with Gasteiger partial charge >= 0.3 is 0 Å². The van der Waals surface area contributed by atoms with Crippen LogP contribution in [-0.2, 0) is 6.54 Å². The predicted molar refractivity (Wildman–Crippen MR) is 133 cm³/mol. The second kappa shape index (κ2) is 12.6. The molecule has 3 heterocycles. The predicted octanol–water partition coefficient (Wildman–Crippen LogP) is 3.62. The zero-order valence-electron chi connectivity index (χ0n) is 18.4. The lowest BCUT2D eigenvalue weighted by Crippen LogP contribution is -2.49. The maximum atomic E-state index is 4.71. The van der Waals surface area contributed by atoms with E-state index in [4.69, 9.17) is 4.98 Å². The molecule has 164 valence electrons. The number of pyridine rings is 1. The maximum absolute atomic E-state index is 4.71. The van der Waals surface area contributed by atoms with Crippen LogP contribution in [0.2, 0.25) is 0 Å². The van der Waals surface area contributed by atoms with Crippen molar-refractivity contribution in [1.82, 2.24) is 20.5 Å². The first kappa shape index (κ1) is 24.2. The number of nitrogens with zero attached hydrogens (tertiary/aromatic N) is 4. The van der Waals surface area contributed by atoms with E-state index in [1.807, 2.05) is 13.2 Å². The third-order valence-electron chi connectivity index (χ3n) is 6.02. The molecule has 3 rings (SSSR count). The summed E-state index contributed by atoms with van der Waals surface area (Å²) in [6.07, 6.45) is 9.60. The van der Waals surface area contributed by atoms with Gasteiger partial charge in [0.2, 0.25) is 0 Å². The molecule has 0 spiro atoms. The zero-order valence-corrected chi connectivity index (χ0v) is 20.7. The van der Waals surface area contributed by atoms with Crippen molar-refractivity contribution in [3.05, 3.63) is 23.9 Å². The highest BCUT2D eigenvalue weighted by Gasteiger charge is 2.21. The van der Waals surface area contributed by atoms with Crippen LogP contribution in [0.25, 0.3) is 0 Å². The Morgan fingerprint density at radius 2 is 1.79 bits per heavy atom. The molecule has 2 saturated heterocycles. The monoisotopic (exact) mass is 514 g/mol. The van der Waals surface area contributed by atoms with Gasteiger partial charge in [-0.1, -0.05) is 18.9 Å². The molecule has 6 nitrogen and oxygen atoms in total. The molecule has 1 aromatic heterocycles. The molecule has 0 saturated carbocycles. The number of nitrogens with one attached hydrogen (secondary N) is 2. The molecule has 2 N–H and O–H groups in total. The molecule has 29 heavy (non-hydrogen) atoms. The van der Waals surface area contributed by atoms with Gasteiger partial charge in [-0.2, -0.15) is 0 Å². The summed E-state index contributed by atoms with van der Waals surface area (Å²) in [5.74, 6) is 2.00. The molecule has 1 aromatic rings. The SMILES string of the molecule is CN=C(NCc1ccc(N2CCCCCC2)nc1)NC1CCN(C(C)C)CC1.I. The lowest BCUT2D eigenvalue weighted by molar-refractivity contribution is 0.167. The van der Waals surface area contributed by atoms with Gasteiger partial charge in [0.15, 0.2) is 5.96 Å². The largest absolute Gasteiger partial charge is 0.357 e. The number of likely N-dealkylation sites (tertiary alicyclic amines) is 1. The molecule has 2 aliphatic rings. The van der Waals surface area contributed by atoms with E-state index in [9.17, 15) is 0 Å². The molecule has 0 unspecified atom stereocenters. The number of aromatic nitrogens is 1. The molecule has 0 amide bonds. The van der Waals surface area contributed by atoms with E-state index in [1.165, 1.54) is 44.1 Å². The maximum Gasteiger partial charge on any atom is 0.191 e. The van der Waals surface area contributed by atoms with Crippen LogP contribution in [0, 0.1) is 0 Å². The van der Waals surface area contributed by atoms with Gasteiger partial charge < -0.3 is 20.4 Å². The van der Waals surface area contributed by atoms with Crippen molar-refractivity contribution in [1.29, 1.82) is 0 Å². The van der Waals surface area contributed by atoms with Gasteiger partial charge in [-0.3, -0.25) is 4.99 Å². The first-order valence-electron chi connectivity index (χ1n) is 11.1. The summed E-state index contributed by atoms with van der Waals surface area (Å²) in [6, 6.07) is 5.50. The van der Waals surface area contributed by atoms with Crippen LogP contribution in [0.4, 0.5) is 5.82 Å². The van der Waals surface area contributed by atoms with E-state index in [2.05, 4.69) is 51.4 Å². The van der Waals surface area contributed by atoms with Crippen molar-refractivity contribution in [3.63, 3.8) is 0 Å². The van der Waals surface area contributed by atoms with Crippen molar-refractivity contribution < 1.29 is 0 Å². The minimum Gasteiger partial charge on any atom is -0.357 e. The summed E-state index contributed by atoms with van der Waals surface area (Å²) >= 11 is 0. The molecular weight excluding hydrogens is 475 g/mol. The average molecular weight is 515 g/mol. The Labute approximate surface area is 194 Å². The van der Waals surface area contributed by atoms with Crippen LogP contribution in [0.5, 0.6) is 0 Å². The van der Waals surface area contributed by atoms with E-state index >= 15 is 0 Å². The molecule has 0 atom stereocenters. The third kappa shape index (κ3) is 7.59. The number of halogens is 1. The summed E-state index contributed by atoms with van der Waals surface area (Å²) < 4.78 is 0. The van der Waals surface area contributed by atoms with Crippen LogP contribution < -0.4 is 15.5 Å². The Morgan fingerprint density at radius 1 is 1.10 bits per heavy atom. The van der Waals surface area contributed by atoms with Crippen LogP contribution in [0.15, 0.2) is 23.3 Å². The standard InChI is InChI=1S/C22H38N6.HI/c1-18(2)27-14-10-20(11-15-27)26-22(23-3)25-17-19-8-9-21(24-16-19)28-12-6-4-5-7-13-28;/h8-9,16,18,20H,4-7,10-15,17H2,1-3H3,(H2,23,25,26);1H. The Balaban J connectivity index is 0.00000300. The van der Waals surface area contributed by atoms with Crippen LogP contribution in [0.1, 0.15) is 57.9 Å². The van der Waals surface area contributed by atoms with Crippen molar-refractivity contribution >= 4 is 35.8 Å². The Bertz CT molecular complexity index is 602. The second-order valence-corrected chi connectivity index (χ2v) is 8.40. The van der Waals surface area contributed by atoms with Crippen LogP contribution in [0.3, 0.4) is 0 Å². The number of rotatable bonds is 5. The van der Waals surface area contributed by atoms with Crippen molar-refractivity contribution in [2.24, 2.45) is 4.99 Å². The summed E-state index contributed by atoms with van der Waals surface area (Å²) in [4.78, 5) is 14.1. The molecule has 2 aliphatic heterocycles. The lowest BCUT2D eigenvalue weighted by atomic mass is 10.0. The van der Waals surface area contributed by atoms with Gasteiger partial charge in [-0.05, 0) is 51.2 Å². The smallest absolute Gasteiger partial charge is 0.191 e. The fraction of sp³-hybridized carbons (Fsp3) is 0.727. The number of aliphatic imine (C=N–C) groups is 1. The van der Waals surface area contributed by atoms with Crippen LogP contribution in [-0.4, -0.2) is 61.2 Å². The molecule has 0 aliphatic carbocycles. The first-order chi connectivity index (χ1) is 13.7. The van der Waals surface area contributed by atoms with Crippen molar-refractivity contribution in [2.45, 2.75) is 71.0 Å². The molecule has 0 radical (unpaired) electrons. The highest BCUT2D eigenvalue weighted by Crippen LogP contribution is 2.17. The van der Waals surface area contributed by atoms with E-state index in [0.29, 0.717) is 12.1 Å². The first-order valence-corrected chi connectivity index (χ1v) is 11.1. The second-order valence-electron chi connectivity index (χ2n) is 8.40. The topological polar surface area (TPSA) is 55.8 Å². The summed E-state index contributed by atoms with van der Waals surface area (Å²) in [5.41, 5.74) is 1.19. The summed E-state index contributed by atoms with van der Waals surface area (Å²) in [7, 11) is 1.85. The fourth-order valence-electron chi connectivity index (χ4n) is 4.14. The number of anilines is 1. The highest BCUT2D eigenvalue weighted by molar-refractivity contribution is 14.0. The van der Waals surface area contributed by atoms with E-state index in [1.54, 1.807) is 0 Å². The minimum atomic E-state index is 0. The third-order valence-corrected chi connectivity index (χ3v) is 6.02. The average Bonchev–Trinajstić information content (AvgIpc) is 3.01. The quantitative estimate of drug-likeness (QED) is 0.357. The zero-order chi connectivity index (χ0) is 19.8. The minimum absolute atomic E-state index is 0. The molecule has 0 aromatic carbocycles. The Kier molecular flexibility index (Phi) is 10.5. The van der Waals surface area contributed by atoms with Crippen LogP contribution >= 0.6 is 24.0 Å². The summed E-state index contributed by atoms with van der Waals surface area (Å²) in [5, 5.41) is 7.04. The number of guanidine groups is 1.